The third-order valence-corrected chi connectivity index (χ3v) is 2.28. The van der Waals surface area contributed by atoms with Gasteiger partial charge in [-0.05, 0) is 25.5 Å². The Hall–Kier alpha value is -2.11. The van der Waals surface area contributed by atoms with Crippen LogP contribution < -0.4 is 5.32 Å². The van der Waals surface area contributed by atoms with Crippen LogP contribution in [0.4, 0.5) is 11.4 Å². The van der Waals surface area contributed by atoms with Crippen LogP contribution in [0, 0.1) is 17.0 Å². The van der Waals surface area contributed by atoms with Crippen molar-refractivity contribution in [1.82, 2.24) is 0 Å². The topological polar surface area (TPSA) is 81.5 Å². The van der Waals surface area contributed by atoms with E-state index in [2.05, 4.69) is 10.1 Å². The Morgan fingerprint density at radius 1 is 1.53 bits per heavy atom. The molecule has 0 heterocycles. The van der Waals surface area contributed by atoms with Crippen molar-refractivity contribution in [2.45, 2.75) is 19.9 Å². The Morgan fingerprint density at radius 3 is 2.71 bits per heavy atom. The average molecular weight is 238 g/mol. The summed E-state index contributed by atoms with van der Waals surface area (Å²) in [6.45, 7) is 3.34. The molecule has 1 unspecified atom stereocenters. The molecule has 92 valence electrons. The lowest BCUT2D eigenvalue weighted by Gasteiger charge is -2.13. The summed E-state index contributed by atoms with van der Waals surface area (Å²) in [5, 5.41) is 13.6. The van der Waals surface area contributed by atoms with Crippen molar-refractivity contribution in [2.75, 3.05) is 12.4 Å². The van der Waals surface area contributed by atoms with Gasteiger partial charge in [-0.25, -0.2) is 4.79 Å². The van der Waals surface area contributed by atoms with E-state index < -0.39 is 16.9 Å². The van der Waals surface area contributed by atoms with Gasteiger partial charge in [-0.15, -0.1) is 0 Å². The van der Waals surface area contributed by atoms with Crippen LogP contribution in [-0.4, -0.2) is 24.0 Å². The molecule has 1 aromatic carbocycles. The Bertz CT molecular complexity index is 445. The molecule has 0 aliphatic rings. The molecule has 17 heavy (non-hydrogen) atoms. The number of nitrogens with one attached hydrogen (secondary N) is 1. The molecule has 0 fully saturated rings. The summed E-state index contributed by atoms with van der Waals surface area (Å²) in [4.78, 5) is 21.6. The van der Waals surface area contributed by atoms with Crippen LogP contribution in [0.25, 0.3) is 0 Å². The highest BCUT2D eigenvalue weighted by atomic mass is 16.6. The summed E-state index contributed by atoms with van der Waals surface area (Å²) >= 11 is 0. The molecule has 0 radical (unpaired) electrons. The first kappa shape index (κ1) is 13.0. The number of anilines is 1. The van der Waals surface area contributed by atoms with E-state index in [4.69, 9.17) is 0 Å². The largest absolute Gasteiger partial charge is 0.467 e. The van der Waals surface area contributed by atoms with Gasteiger partial charge in [-0.2, -0.15) is 0 Å². The van der Waals surface area contributed by atoms with Crippen LogP contribution in [0.15, 0.2) is 18.2 Å². The van der Waals surface area contributed by atoms with Gasteiger partial charge < -0.3 is 10.1 Å². The summed E-state index contributed by atoms with van der Waals surface area (Å²) in [6.07, 6.45) is 0. The number of esters is 1. The van der Waals surface area contributed by atoms with Gasteiger partial charge in [0.2, 0.25) is 0 Å². The smallest absolute Gasteiger partial charge is 0.327 e. The first-order valence-corrected chi connectivity index (χ1v) is 5.05. The number of nitro benzene ring substituents is 1. The predicted octanol–water partition coefficient (Wildman–Crippen LogP) is 1.88. The van der Waals surface area contributed by atoms with Crippen molar-refractivity contribution in [2.24, 2.45) is 0 Å². The minimum Gasteiger partial charge on any atom is -0.467 e. The fourth-order valence-corrected chi connectivity index (χ4v) is 1.38. The molecule has 0 spiro atoms. The van der Waals surface area contributed by atoms with Crippen molar-refractivity contribution in [3.8, 4) is 0 Å². The molecule has 0 amide bonds. The van der Waals surface area contributed by atoms with Gasteiger partial charge in [0.15, 0.2) is 0 Å². The van der Waals surface area contributed by atoms with Crippen LogP contribution in [0.3, 0.4) is 0 Å². The van der Waals surface area contributed by atoms with E-state index in [9.17, 15) is 14.9 Å². The van der Waals surface area contributed by atoms with Crippen LogP contribution in [0.5, 0.6) is 0 Å². The number of hydrogen-bond acceptors (Lipinski definition) is 5. The fourth-order valence-electron chi connectivity index (χ4n) is 1.38. The number of carbonyl (C=O) groups excluding carboxylic acids is 1. The summed E-state index contributed by atoms with van der Waals surface area (Å²) in [5.41, 5.74) is 1.03. The number of rotatable bonds is 4. The third-order valence-electron chi connectivity index (χ3n) is 2.28. The van der Waals surface area contributed by atoms with Gasteiger partial charge in [-0.1, -0.05) is 6.07 Å². The van der Waals surface area contributed by atoms with Crippen molar-refractivity contribution < 1.29 is 14.5 Å². The number of benzene rings is 1. The maximum absolute atomic E-state index is 11.2. The number of ether oxygens (including phenoxy) is 1. The van der Waals surface area contributed by atoms with E-state index in [0.717, 1.165) is 5.56 Å². The minimum atomic E-state index is -0.638. The second-order valence-corrected chi connectivity index (χ2v) is 3.67. The maximum Gasteiger partial charge on any atom is 0.327 e. The summed E-state index contributed by atoms with van der Waals surface area (Å²) < 4.78 is 4.54. The molecule has 1 atom stereocenters. The third kappa shape index (κ3) is 3.17. The maximum atomic E-state index is 11.2. The zero-order chi connectivity index (χ0) is 13.0. The first-order valence-electron chi connectivity index (χ1n) is 5.05. The Labute approximate surface area is 98.7 Å². The normalized spacial score (nSPS) is 11.7. The van der Waals surface area contributed by atoms with Crippen molar-refractivity contribution in [3.05, 3.63) is 33.9 Å². The highest BCUT2D eigenvalue weighted by Crippen LogP contribution is 2.25. The van der Waals surface area contributed by atoms with Crippen molar-refractivity contribution in [1.29, 1.82) is 0 Å². The van der Waals surface area contributed by atoms with E-state index in [-0.39, 0.29) is 5.69 Å². The lowest BCUT2D eigenvalue weighted by Crippen LogP contribution is -2.27. The minimum absolute atomic E-state index is 0.0549. The second kappa shape index (κ2) is 5.29. The van der Waals surface area contributed by atoms with Gasteiger partial charge in [0.05, 0.1) is 12.0 Å². The summed E-state index contributed by atoms with van der Waals surface area (Å²) in [7, 11) is 1.27. The lowest BCUT2D eigenvalue weighted by atomic mass is 10.2. The standard InChI is InChI=1S/C11H14N2O4/c1-7-4-5-9(10(6-7)13(15)16)12-8(2)11(14)17-3/h4-6,8,12H,1-3H3. The predicted molar refractivity (Wildman–Crippen MR) is 62.9 cm³/mol. The average Bonchev–Trinajstić information content (AvgIpc) is 2.29. The number of nitro groups is 1. The van der Waals surface area contributed by atoms with Gasteiger partial charge in [-0.3, -0.25) is 10.1 Å². The quantitative estimate of drug-likeness (QED) is 0.492. The van der Waals surface area contributed by atoms with E-state index >= 15 is 0 Å². The molecule has 0 aliphatic carbocycles. The summed E-state index contributed by atoms with van der Waals surface area (Å²) in [6, 6.07) is 4.12. The molecule has 1 aromatic rings. The van der Waals surface area contributed by atoms with Crippen LogP contribution >= 0.6 is 0 Å². The number of methoxy groups -OCH3 is 1. The molecule has 0 aromatic heterocycles. The number of aryl methyl sites for hydroxylation is 1. The lowest BCUT2D eigenvalue weighted by molar-refractivity contribution is -0.384. The highest BCUT2D eigenvalue weighted by molar-refractivity contribution is 5.80. The van der Waals surface area contributed by atoms with Crippen molar-refractivity contribution >= 4 is 17.3 Å². The van der Waals surface area contributed by atoms with Gasteiger partial charge >= 0.3 is 5.97 Å². The molecule has 6 nitrogen and oxygen atoms in total. The Kier molecular flexibility index (Phi) is 4.03. The van der Waals surface area contributed by atoms with Crippen molar-refractivity contribution in [3.63, 3.8) is 0 Å². The fraction of sp³-hybridized carbons (Fsp3) is 0.364. The molecule has 1 rings (SSSR count). The van der Waals surface area contributed by atoms with Gasteiger partial charge in [0.1, 0.15) is 11.7 Å². The molecule has 1 N–H and O–H groups in total. The zero-order valence-corrected chi connectivity index (χ0v) is 9.89. The first-order chi connectivity index (χ1) is 7.95. The number of nitrogens with zero attached hydrogens (tertiary/aromatic N) is 1. The Morgan fingerprint density at radius 2 is 2.18 bits per heavy atom. The van der Waals surface area contributed by atoms with Crippen LogP contribution in [0.2, 0.25) is 0 Å². The molecule has 0 saturated heterocycles. The van der Waals surface area contributed by atoms with E-state index in [1.807, 2.05) is 0 Å². The van der Waals surface area contributed by atoms with Crippen LogP contribution in [-0.2, 0) is 9.53 Å². The van der Waals surface area contributed by atoms with E-state index in [0.29, 0.717) is 5.69 Å². The molecule has 0 bridgehead atoms. The monoisotopic (exact) mass is 238 g/mol. The molecule has 0 aliphatic heterocycles. The highest BCUT2D eigenvalue weighted by Gasteiger charge is 2.19. The molecular formula is C11H14N2O4. The molecule has 6 heteroatoms. The van der Waals surface area contributed by atoms with E-state index in [1.165, 1.54) is 13.2 Å². The molecule has 0 saturated carbocycles. The SMILES string of the molecule is COC(=O)C(C)Nc1ccc(C)cc1[N+](=O)[O-]. The zero-order valence-electron chi connectivity index (χ0n) is 9.89. The number of hydrogen-bond donors (Lipinski definition) is 1. The molecular weight excluding hydrogens is 224 g/mol. The van der Waals surface area contributed by atoms with Gasteiger partial charge in [0, 0.05) is 6.07 Å². The van der Waals surface area contributed by atoms with Crippen LogP contribution in [0.1, 0.15) is 12.5 Å². The summed E-state index contributed by atoms with van der Waals surface area (Å²) in [5.74, 6) is -0.472. The Balaban J connectivity index is 2.98. The second-order valence-electron chi connectivity index (χ2n) is 3.67. The number of carbonyl (C=O) groups is 1. The van der Waals surface area contributed by atoms with Gasteiger partial charge in [0.25, 0.3) is 5.69 Å². The van der Waals surface area contributed by atoms with E-state index in [1.54, 1.807) is 26.0 Å².